The van der Waals surface area contributed by atoms with Gasteiger partial charge in [-0.2, -0.15) is 0 Å². The number of carbonyl (C=O) groups is 3. The molecule has 6 nitrogen and oxygen atoms in total. The highest BCUT2D eigenvalue weighted by molar-refractivity contribution is 6.29. The number of esters is 2. The highest BCUT2D eigenvalue weighted by Crippen LogP contribution is 2.84. The molecule has 4 bridgehead atoms. The molecule has 4 aromatic rings. The number of Topliss-reactive ketones (excluding diaryl/α,β-unsaturated/α-hetero) is 1. The molecule has 7 aliphatic rings. The number of cyclic esters (lactones) is 2. The Hall–Kier alpha value is -4.97. The summed E-state index contributed by atoms with van der Waals surface area (Å²) >= 11 is 0. The molecule has 10 atom stereocenters. The molecule has 3 saturated carbocycles. The second-order valence-corrected chi connectivity index (χ2v) is 13.4. The smallest absolute Gasteiger partial charge is 0.318 e. The van der Waals surface area contributed by atoms with Crippen LogP contribution in [0.5, 0.6) is 0 Å². The van der Waals surface area contributed by atoms with E-state index < -0.39 is 34.6 Å². The van der Waals surface area contributed by atoms with Crippen molar-refractivity contribution < 1.29 is 19.1 Å². The maximum Gasteiger partial charge on any atom is 0.318 e. The zero-order valence-corrected chi connectivity index (χ0v) is 24.2. The maximum atomic E-state index is 16.1. The predicted molar refractivity (Wildman–Crippen MR) is 165 cm³/mol. The second-order valence-electron chi connectivity index (χ2n) is 13.4. The van der Waals surface area contributed by atoms with E-state index in [-0.39, 0.29) is 41.3 Å². The fourth-order valence-corrected chi connectivity index (χ4v) is 11.1. The minimum atomic E-state index is -1.03. The lowest BCUT2D eigenvalue weighted by molar-refractivity contribution is -0.167. The molecule has 3 heterocycles. The van der Waals surface area contributed by atoms with Gasteiger partial charge in [-0.3, -0.25) is 24.4 Å². The van der Waals surface area contributed by atoms with Gasteiger partial charge in [-0.25, -0.2) is 0 Å². The molecule has 4 fully saturated rings. The van der Waals surface area contributed by atoms with Crippen LogP contribution < -0.4 is 0 Å². The van der Waals surface area contributed by atoms with E-state index in [0.29, 0.717) is 0 Å². The summed E-state index contributed by atoms with van der Waals surface area (Å²) in [6.07, 6.45) is 7.88. The third-order valence-electron chi connectivity index (χ3n) is 12.1. The van der Waals surface area contributed by atoms with Gasteiger partial charge in [-0.05, 0) is 70.9 Å². The van der Waals surface area contributed by atoms with E-state index >= 15 is 4.79 Å². The van der Waals surface area contributed by atoms with Gasteiger partial charge >= 0.3 is 11.9 Å². The molecule has 218 valence electrons. The number of ether oxygens (including phenoxy) is 1. The molecule has 6 heteroatoms. The molecular formula is C39H28N2O4. The van der Waals surface area contributed by atoms with Crippen LogP contribution in [0.4, 0.5) is 0 Å². The van der Waals surface area contributed by atoms with E-state index in [4.69, 9.17) is 14.7 Å². The number of hydrogen-bond donors (Lipinski definition) is 0. The second kappa shape index (κ2) is 8.60. The summed E-state index contributed by atoms with van der Waals surface area (Å²) in [5.41, 5.74) is 3.18. The quantitative estimate of drug-likeness (QED) is 0.179. The van der Waals surface area contributed by atoms with Crippen LogP contribution in [0, 0.1) is 47.3 Å². The molecular weight excluding hydrogens is 560 g/mol. The minimum Gasteiger partial charge on any atom is -0.393 e. The fourth-order valence-electron chi connectivity index (χ4n) is 11.1. The Morgan fingerprint density at radius 3 is 1.36 bits per heavy atom. The summed E-state index contributed by atoms with van der Waals surface area (Å²) in [5, 5.41) is 0. The van der Waals surface area contributed by atoms with Crippen LogP contribution in [-0.4, -0.2) is 27.7 Å². The van der Waals surface area contributed by atoms with E-state index in [1.165, 1.54) is 0 Å². The molecule has 2 aromatic heterocycles. The first-order chi connectivity index (χ1) is 22.1. The van der Waals surface area contributed by atoms with E-state index in [1.807, 2.05) is 72.8 Å². The third kappa shape index (κ3) is 2.73. The minimum absolute atomic E-state index is 0.0310. The number of rotatable bonds is 4. The van der Waals surface area contributed by atoms with Gasteiger partial charge in [0.2, 0.25) is 0 Å². The van der Waals surface area contributed by atoms with Crippen molar-refractivity contribution in [3.8, 4) is 0 Å². The van der Waals surface area contributed by atoms with Crippen molar-refractivity contribution >= 4 is 28.9 Å². The number of pyridine rings is 2. The molecule has 0 radical (unpaired) electrons. The molecule has 0 spiro atoms. The van der Waals surface area contributed by atoms with Gasteiger partial charge in [0, 0.05) is 23.5 Å². The van der Waals surface area contributed by atoms with Crippen LogP contribution in [0.15, 0.2) is 122 Å². The molecule has 45 heavy (non-hydrogen) atoms. The Bertz CT molecular complexity index is 1850. The molecule has 2 aromatic carbocycles. The van der Waals surface area contributed by atoms with Gasteiger partial charge in [-0.1, -0.05) is 84.9 Å². The zero-order chi connectivity index (χ0) is 30.1. The van der Waals surface area contributed by atoms with Gasteiger partial charge < -0.3 is 4.74 Å². The molecule has 1 saturated heterocycles. The van der Waals surface area contributed by atoms with Crippen LogP contribution in [0.3, 0.4) is 0 Å². The van der Waals surface area contributed by atoms with Crippen molar-refractivity contribution in [2.24, 2.45) is 47.3 Å². The molecule has 0 N–H and O–H groups in total. The van der Waals surface area contributed by atoms with Crippen molar-refractivity contribution in [3.63, 3.8) is 0 Å². The third-order valence-corrected chi connectivity index (χ3v) is 12.1. The molecule has 11 rings (SSSR count). The number of ketones is 1. The van der Waals surface area contributed by atoms with Crippen LogP contribution in [0.1, 0.15) is 22.5 Å². The Morgan fingerprint density at radius 1 is 0.533 bits per heavy atom. The summed E-state index contributed by atoms with van der Waals surface area (Å²) in [4.78, 5) is 52.3. The van der Waals surface area contributed by atoms with Crippen molar-refractivity contribution in [1.29, 1.82) is 0 Å². The van der Waals surface area contributed by atoms with Crippen LogP contribution in [0.2, 0.25) is 0 Å². The first-order valence-electron chi connectivity index (χ1n) is 15.8. The summed E-state index contributed by atoms with van der Waals surface area (Å²) in [7, 11) is 0. The number of nitrogens with zero attached hydrogens (tertiary/aromatic N) is 2. The average Bonchev–Trinajstić information content (AvgIpc) is 3.60. The van der Waals surface area contributed by atoms with Crippen LogP contribution in [0.25, 0.3) is 11.1 Å². The summed E-state index contributed by atoms with van der Waals surface area (Å²) < 4.78 is 5.31. The van der Waals surface area contributed by atoms with Crippen LogP contribution in [-0.2, 0) is 30.0 Å². The lowest BCUT2D eigenvalue weighted by atomic mass is 9.33. The standard InChI is InChI=1S/C39H28N2O4/c42-35-29-23-17-18-24(30(29)36(43)45-35)28-27(23)33-34(28)39(22-13-5-2-6-14-22)32(26-16-8-10-20-41-26)31(25-15-7-9-19-40-25)38(33,37(39)44)21-11-3-1-4-12-21/h1-20,23-24,27-30,33-34H/t23-,24+,27-,28-,29+,30-,33-,34+,38+,39+/m1/s1. The SMILES string of the molecule is O=C1OC(=O)[C@H]2[C@@H]3C=C[C@H]([C@@H]12)[C@@H]1[C@@H]3[C@@H]2[C@H]1[C@@]1(c3ccccc3)C(=O)[C@@]2(c2ccccc2)C(c2ccccn2)=C1c1ccccn1. The Labute approximate surface area is 259 Å². The monoisotopic (exact) mass is 588 g/mol. The van der Waals surface area contributed by atoms with Gasteiger partial charge in [0.15, 0.2) is 5.78 Å². The van der Waals surface area contributed by atoms with E-state index in [1.54, 1.807) is 12.4 Å². The van der Waals surface area contributed by atoms with Crippen molar-refractivity contribution in [2.75, 3.05) is 0 Å². The number of hydrogen-bond acceptors (Lipinski definition) is 6. The zero-order valence-electron chi connectivity index (χ0n) is 24.2. The Balaban J connectivity index is 1.36. The highest BCUT2D eigenvalue weighted by Gasteiger charge is 2.86. The number of fused-ring (bicyclic) bond motifs is 5. The van der Waals surface area contributed by atoms with E-state index in [9.17, 15) is 9.59 Å². The number of allylic oxidation sites excluding steroid dienone is 4. The fraction of sp³-hybridized carbons (Fsp3) is 0.256. The summed E-state index contributed by atoms with van der Waals surface area (Å²) in [6.45, 7) is 0. The van der Waals surface area contributed by atoms with Crippen molar-refractivity contribution in [1.82, 2.24) is 9.97 Å². The van der Waals surface area contributed by atoms with Gasteiger partial charge in [0.05, 0.1) is 34.1 Å². The molecule has 6 aliphatic carbocycles. The first kappa shape index (κ1) is 25.4. The predicted octanol–water partition coefficient (Wildman–Crippen LogP) is 5.47. The van der Waals surface area contributed by atoms with Gasteiger partial charge in [0.25, 0.3) is 0 Å². The maximum absolute atomic E-state index is 16.1. The van der Waals surface area contributed by atoms with E-state index in [2.05, 4.69) is 36.4 Å². The lowest BCUT2D eigenvalue weighted by Crippen LogP contribution is -2.68. The number of benzene rings is 2. The molecule has 0 amide bonds. The van der Waals surface area contributed by atoms with Gasteiger partial charge in [-0.15, -0.1) is 0 Å². The normalized spacial score (nSPS) is 38.1. The van der Waals surface area contributed by atoms with Gasteiger partial charge in [0.1, 0.15) is 0 Å². The highest BCUT2D eigenvalue weighted by atomic mass is 16.6. The van der Waals surface area contributed by atoms with Crippen molar-refractivity contribution in [2.45, 2.75) is 10.8 Å². The molecule has 0 unspecified atom stereocenters. The topological polar surface area (TPSA) is 86.2 Å². The average molecular weight is 589 g/mol. The largest absolute Gasteiger partial charge is 0.393 e. The number of carbonyl (C=O) groups excluding carboxylic acids is 3. The summed E-state index contributed by atoms with van der Waals surface area (Å²) in [5.74, 6) is -2.17. The van der Waals surface area contributed by atoms with E-state index in [0.717, 1.165) is 33.7 Å². The lowest BCUT2D eigenvalue weighted by Gasteiger charge is -2.68. The molecule has 1 aliphatic heterocycles. The van der Waals surface area contributed by atoms with Crippen LogP contribution >= 0.6 is 0 Å². The van der Waals surface area contributed by atoms with Crippen molar-refractivity contribution in [3.05, 3.63) is 144 Å². The number of aromatic nitrogens is 2. The summed E-state index contributed by atoms with van der Waals surface area (Å²) in [6, 6.07) is 32.1. The Morgan fingerprint density at radius 2 is 0.956 bits per heavy atom. The first-order valence-corrected chi connectivity index (χ1v) is 15.8. The Kier molecular flexibility index (Phi) is 4.85.